The van der Waals surface area contributed by atoms with Crippen LogP contribution in [-0.4, -0.2) is 34.1 Å². The molecule has 0 N–H and O–H groups in total. The molecule has 0 spiro atoms. The molecule has 0 saturated carbocycles. The van der Waals surface area contributed by atoms with Crippen molar-refractivity contribution in [1.82, 2.24) is 15.1 Å². The van der Waals surface area contributed by atoms with Crippen molar-refractivity contribution in [3.63, 3.8) is 0 Å². The van der Waals surface area contributed by atoms with E-state index < -0.39 is 0 Å². The number of likely N-dealkylation sites (tertiary alicyclic amines) is 1. The zero-order chi connectivity index (χ0) is 14.5. The van der Waals surface area contributed by atoms with E-state index in [1.807, 2.05) is 41.3 Å². The number of carbonyl (C=O) groups excluding carboxylic acids is 1. The van der Waals surface area contributed by atoms with Crippen LogP contribution in [0.4, 0.5) is 0 Å². The molecule has 1 aromatic carbocycles. The normalized spacial score (nSPS) is 15.5. The van der Waals surface area contributed by atoms with Crippen molar-refractivity contribution in [2.45, 2.75) is 25.7 Å². The zero-order valence-corrected chi connectivity index (χ0v) is 12.0. The summed E-state index contributed by atoms with van der Waals surface area (Å²) in [6.45, 7) is 1.67. The number of rotatable bonds is 2. The van der Waals surface area contributed by atoms with Gasteiger partial charge in [-0.3, -0.25) is 4.79 Å². The van der Waals surface area contributed by atoms with Crippen LogP contribution in [0, 0.1) is 0 Å². The van der Waals surface area contributed by atoms with Crippen LogP contribution in [0.1, 0.15) is 36.2 Å². The third-order valence-electron chi connectivity index (χ3n) is 3.85. The third-order valence-corrected chi connectivity index (χ3v) is 3.85. The summed E-state index contributed by atoms with van der Waals surface area (Å²) in [5.74, 6) is 0.00371. The predicted octanol–water partition coefficient (Wildman–Crippen LogP) is 3.16. The molecule has 0 radical (unpaired) electrons. The molecule has 1 amide bonds. The fraction of sp³-hybridized carbons (Fsp3) is 0.353. The summed E-state index contributed by atoms with van der Waals surface area (Å²) in [5, 5.41) is 8.31. The SMILES string of the molecule is O=C(c1ccc(-c2ccccc2)nn1)N1CCCCCC1. The molecule has 3 rings (SSSR count). The van der Waals surface area contributed by atoms with E-state index in [0.29, 0.717) is 5.69 Å². The highest BCUT2D eigenvalue weighted by molar-refractivity contribution is 5.92. The largest absolute Gasteiger partial charge is 0.337 e. The number of aromatic nitrogens is 2. The Morgan fingerprint density at radius 3 is 2.19 bits per heavy atom. The second-order valence-electron chi connectivity index (χ2n) is 5.38. The van der Waals surface area contributed by atoms with Crippen LogP contribution in [0.15, 0.2) is 42.5 Å². The number of hydrogen-bond donors (Lipinski definition) is 0. The first kappa shape index (κ1) is 13.7. The third kappa shape index (κ3) is 3.27. The van der Waals surface area contributed by atoms with Crippen molar-refractivity contribution >= 4 is 5.91 Å². The predicted molar refractivity (Wildman–Crippen MR) is 81.8 cm³/mol. The van der Waals surface area contributed by atoms with Crippen molar-refractivity contribution < 1.29 is 4.79 Å². The van der Waals surface area contributed by atoms with E-state index in [2.05, 4.69) is 10.2 Å². The lowest BCUT2D eigenvalue weighted by Crippen LogP contribution is -2.32. The second-order valence-corrected chi connectivity index (χ2v) is 5.38. The molecule has 108 valence electrons. The van der Waals surface area contributed by atoms with E-state index in [-0.39, 0.29) is 5.91 Å². The summed E-state index contributed by atoms with van der Waals surface area (Å²) in [5.41, 5.74) is 2.25. The molecule has 21 heavy (non-hydrogen) atoms. The van der Waals surface area contributed by atoms with Crippen molar-refractivity contribution in [2.24, 2.45) is 0 Å². The minimum Gasteiger partial charge on any atom is -0.337 e. The van der Waals surface area contributed by atoms with E-state index in [4.69, 9.17) is 0 Å². The lowest BCUT2D eigenvalue weighted by molar-refractivity contribution is 0.0754. The van der Waals surface area contributed by atoms with E-state index in [9.17, 15) is 4.79 Å². The smallest absolute Gasteiger partial charge is 0.274 e. The number of nitrogens with zero attached hydrogens (tertiary/aromatic N) is 3. The van der Waals surface area contributed by atoms with Gasteiger partial charge in [-0.1, -0.05) is 43.2 Å². The molecule has 1 fully saturated rings. The molecule has 1 aromatic heterocycles. The van der Waals surface area contributed by atoms with Gasteiger partial charge in [0.1, 0.15) is 0 Å². The van der Waals surface area contributed by atoms with Crippen molar-refractivity contribution in [3.8, 4) is 11.3 Å². The lowest BCUT2D eigenvalue weighted by atomic mass is 10.1. The summed E-state index contributed by atoms with van der Waals surface area (Å²) < 4.78 is 0. The van der Waals surface area contributed by atoms with Gasteiger partial charge in [0.15, 0.2) is 5.69 Å². The molecule has 0 aliphatic carbocycles. The Kier molecular flexibility index (Phi) is 4.24. The second kappa shape index (κ2) is 6.48. The maximum absolute atomic E-state index is 12.4. The Morgan fingerprint density at radius 1 is 0.857 bits per heavy atom. The van der Waals surface area contributed by atoms with E-state index in [1.54, 1.807) is 6.07 Å². The van der Waals surface area contributed by atoms with Gasteiger partial charge >= 0.3 is 0 Å². The number of benzene rings is 1. The van der Waals surface area contributed by atoms with Crippen LogP contribution < -0.4 is 0 Å². The Morgan fingerprint density at radius 2 is 1.57 bits per heavy atom. The van der Waals surface area contributed by atoms with Gasteiger partial charge in [-0.15, -0.1) is 10.2 Å². The minimum atomic E-state index is 0.00371. The maximum Gasteiger partial charge on any atom is 0.274 e. The molecule has 4 nitrogen and oxygen atoms in total. The first-order valence-corrected chi connectivity index (χ1v) is 7.53. The molecule has 1 saturated heterocycles. The van der Waals surface area contributed by atoms with Gasteiger partial charge in [0.2, 0.25) is 0 Å². The van der Waals surface area contributed by atoms with Gasteiger partial charge in [-0.25, -0.2) is 0 Å². The quantitative estimate of drug-likeness (QED) is 0.849. The van der Waals surface area contributed by atoms with Crippen LogP contribution in [0.3, 0.4) is 0 Å². The Labute approximate surface area is 124 Å². The highest BCUT2D eigenvalue weighted by atomic mass is 16.2. The first-order valence-electron chi connectivity index (χ1n) is 7.53. The molecule has 0 bridgehead atoms. The van der Waals surface area contributed by atoms with Crippen molar-refractivity contribution in [1.29, 1.82) is 0 Å². The molecular weight excluding hydrogens is 262 g/mol. The van der Waals surface area contributed by atoms with Crippen LogP contribution >= 0.6 is 0 Å². The maximum atomic E-state index is 12.4. The highest BCUT2D eigenvalue weighted by Gasteiger charge is 2.18. The van der Waals surface area contributed by atoms with Gasteiger partial charge in [-0.05, 0) is 25.0 Å². The van der Waals surface area contributed by atoms with Gasteiger partial charge < -0.3 is 4.90 Å². The standard InChI is InChI=1S/C17H19N3O/c21-17(20-12-6-1-2-7-13-20)16-11-10-15(18-19-16)14-8-4-3-5-9-14/h3-5,8-11H,1-2,6-7,12-13H2. The van der Waals surface area contributed by atoms with Gasteiger partial charge in [0.25, 0.3) is 5.91 Å². The molecule has 2 heterocycles. The van der Waals surface area contributed by atoms with Gasteiger partial charge in [-0.2, -0.15) is 0 Å². The molecule has 1 aliphatic heterocycles. The fourth-order valence-electron chi connectivity index (χ4n) is 2.64. The molecule has 4 heteroatoms. The highest BCUT2D eigenvalue weighted by Crippen LogP contribution is 2.16. The molecule has 0 unspecified atom stereocenters. The van der Waals surface area contributed by atoms with Crippen LogP contribution in [0.2, 0.25) is 0 Å². The average molecular weight is 281 g/mol. The Hall–Kier alpha value is -2.23. The first-order chi connectivity index (χ1) is 10.3. The Balaban J connectivity index is 1.76. The zero-order valence-electron chi connectivity index (χ0n) is 12.0. The number of amides is 1. The topological polar surface area (TPSA) is 46.1 Å². The number of carbonyl (C=O) groups is 1. The molecule has 1 aliphatic rings. The summed E-state index contributed by atoms with van der Waals surface area (Å²) >= 11 is 0. The average Bonchev–Trinajstić information content (AvgIpc) is 2.84. The number of hydrogen-bond acceptors (Lipinski definition) is 3. The Bertz CT molecular complexity index is 587. The van der Waals surface area contributed by atoms with E-state index in [0.717, 1.165) is 37.2 Å². The lowest BCUT2D eigenvalue weighted by Gasteiger charge is -2.19. The van der Waals surface area contributed by atoms with Gasteiger partial charge in [0, 0.05) is 18.7 Å². The molecule has 0 atom stereocenters. The summed E-state index contributed by atoms with van der Waals surface area (Å²) in [4.78, 5) is 14.3. The van der Waals surface area contributed by atoms with E-state index >= 15 is 0 Å². The van der Waals surface area contributed by atoms with Crippen LogP contribution in [0.25, 0.3) is 11.3 Å². The van der Waals surface area contributed by atoms with Crippen molar-refractivity contribution in [2.75, 3.05) is 13.1 Å². The van der Waals surface area contributed by atoms with Crippen molar-refractivity contribution in [3.05, 3.63) is 48.2 Å². The van der Waals surface area contributed by atoms with Crippen LogP contribution in [-0.2, 0) is 0 Å². The molecule has 2 aromatic rings. The summed E-state index contributed by atoms with van der Waals surface area (Å²) in [6.07, 6.45) is 4.59. The fourth-order valence-corrected chi connectivity index (χ4v) is 2.64. The molecular formula is C17H19N3O. The summed E-state index contributed by atoms with van der Waals surface area (Å²) in [7, 11) is 0. The summed E-state index contributed by atoms with van der Waals surface area (Å²) in [6, 6.07) is 13.5. The monoisotopic (exact) mass is 281 g/mol. The van der Waals surface area contributed by atoms with Crippen LogP contribution in [0.5, 0.6) is 0 Å². The minimum absolute atomic E-state index is 0.00371. The van der Waals surface area contributed by atoms with E-state index in [1.165, 1.54) is 12.8 Å². The van der Waals surface area contributed by atoms with Gasteiger partial charge in [0.05, 0.1) is 5.69 Å².